The van der Waals surface area contributed by atoms with E-state index in [9.17, 15) is 4.79 Å². The Morgan fingerprint density at radius 2 is 1.85 bits per heavy atom. The zero-order valence-electron chi connectivity index (χ0n) is 15.7. The van der Waals surface area contributed by atoms with Crippen molar-refractivity contribution in [2.24, 2.45) is 0 Å². The SMILES string of the molecule is CC(C)(C(=O)Nc1cc(C2CCOCC2)[nH]n1)c1ccc2c(c1)OCCO2. The minimum atomic E-state index is -0.742. The number of anilines is 1. The van der Waals surface area contributed by atoms with Gasteiger partial charge in [0.1, 0.15) is 13.2 Å². The maximum absolute atomic E-state index is 12.9. The molecule has 2 N–H and O–H groups in total. The highest BCUT2D eigenvalue weighted by atomic mass is 16.6. The van der Waals surface area contributed by atoms with Crippen molar-refractivity contribution in [2.75, 3.05) is 31.7 Å². The van der Waals surface area contributed by atoms with Gasteiger partial charge in [-0.25, -0.2) is 0 Å². The maximum Gasteiger partial charge on any atom is 0.235 e. The largest absolute Gasteiger partial charge is 0.486 e. The number of H-pyrrole nitrogens is 1. The van der Waals surface area contributed by atoms with Crippen LogP contribution in [-0.2, 0) is 14.9 Å². The molecule has 1 aromatic carbocycles. The molecule has 1 aromatic heterocycles. The fourth-order valence-electron chi connectivity index (χ4n) is 3.45. The van der Waals surface area contributed by atoms with Crippen LogP contribution in [0.1, 0.15) is 43.9 Å². The zero-order valence-corrected chi connectivity index (χ0v) is 15.7. The number of hydrogen-bond acceptors (Lipinski definition) is 5. The first-order valence-corrected chi connectivity index (χ1v) is 9.38. The number of amides is 1. The van der Waals surface area contributed by atoms with Crippen LogP contribution in [0, 0.1) is 0 Å². The molecule has 7 nitrogen and oxygen atoms in total. The molecule has 2 aliphatic rings. The van der Waals surface area contributed by atoms with E-state index in [4.69, 9.17) is 14.2 Å². The Morgan fingerprint density at radius 3 is 2.63 bits per heavy atom. The molecule has 0 spiro atoms. The van der Waals surface area contributed by atoms with E-state index in [2.05, 4.69) is 15.5 Å². The lowest BCUT2D eigenvalue weighted by molar-refractivity contribution is -0.120. The Morgan fingerprint density at radius 1 is 1.11 bits per heavy atom. The molecule has 3 heterocycles. The van der Waals surface area contributed by atoms with Gasteiger partial charge in [-0.3, -0.25) is 9.89 Å². The standard InChI is InChI=1S/C20H25N3O4/c1-20(2,14-3-4-16-17(11-14)27-10-9-26-16)19(24)21-18-12-15(22-23-18)13-5-7-25-8-6-13/h3-4,11-13H,5-10H2,1-2H3,(H2,21,22,23,24). The second-order valence-corrected chi connectivity index (χ2v) is 7.53. The van der Waals surface area contributed by atoms with E-state index in [0.717, 1.165) is 43.1 Å². The maximum atomic E-state index is 12.9. The summed E-state index contributed by atoms with van der Waals surface area (Å²) in [7, 11) is 0. The van der Waals surface area contributed by atoms with Crippen molar-refractivity contribution in [3.63, 3.8) is 0 Å². The monoisotopic (exact) mass is 371 g/mol. The molecule has 2 aromatic rings. The fourth-order valence-corrected chi connectivity index (χ4v) is 3.45. The number of fused-ring (bicyclic) bond motifs is 1. The Bertz CT molecular complexity index is 824. The molecule has 0 saturated carbocycles. The average Bonchev–Trinajstić information content (AvgIpc) is 3.16. The first-order chi connectivity index (χ1) is 13.0. The summed E-state index contributed by atoms with van der Waals surface area (Å²) in [5, 5.41) is 10.3. The summed E-state index contributed by atoms with van der Waals surface area (Å²) >= 11 is 0. The van der Waals surface area contributed by atoms with Crippen LogP contribution in [0.5, 0.6) is 11.5 Å². The van der Waals surface area contributed by atoms with E-state index in [0.29, 0.717) is 30.7 Å². The molecule has 0 atom stereocenters. The molecule has 0 aliphatic carbocycles. The third kappa shape index (κ3) is 3.64. The van der Waals surface area contributed by atoms with Crippen LogP contribution in [0.2, 0.25) is 0 Å². The topological polar surface area (TPSA) is 85.5 Å². The lowest BCUT2D eigenvalue weighted by atomic mass is 9.83. The molecule has 0 unspecified atom stereocenters. The molecule has 4 rings (SSSR count). The third-order valence-corrected chi connectivity index (χ3v) is 5.33. The van der Waals surface area contributed by atoms with Crippen molar-refractivity contribution in [3.8, 4) is 11.5 Å². The number of rotatable bonds is 4. The predicted molar refractivity (Wildman–Crippen MR) is 100 cm³/mol. The van der Waals surface area contributed by atoms with E-state index >= 15 is 0 Å². The Labute approximate surface area is 158 Å². The first kappa shape index (κ1) is 17.9. The molecule has 7 heteroatoms. The van der Waals surface area contributed by atoms with E-state index < -0.39 is 5.41 Å². The molecule has 0 radical (unpaired) electrons. The van der Waals surface area contributed by atoms with Crippen LogP contribution < -0.4 is 14.8 Å². The highest BCUT2D eigenvalue weighted by Gasteiger charge is 2.32. The zero-order chi connectivity index (χ0) is 18.9. The quantitative estimate of drug-likeness (QED) is 0.863. The molecule has 1 amide bonds. The van der Waals surface area contributed by atoms with E-state index in [-0.39, 0.29) is 5.91 Å². The molecule has 2 aliphatic heterocycles. The van der Waals surface area contributed by atoms with Crippen LogP contribution in [0.15, 0.2) is 24.3 Å². The number of aromatic amines is 1. The van der Waals surface area contributed by atoms with Crippen LogP contribution in [0.25, 0.3) is 0 Å². The first-order valence-electron chi connectivity index (χ1n) is 9.38. The van der Waals surface area contributed by atoms with Crippen molar-refractivity contribution in [2.45, 2.75) is 38.0 Å². The second-order valence-electron chi connectivity index (χ2n) is 7.53. The van der Waals surface area contributed by atoms with Gasteiger partial charge < -0.3 is 19.5 Å². The summed E-state index contributed by atoms with van der Waals surface area (Å²) in [6, 6.07) is 7.57. The minimum Gasteiger partial charge on any atom is -0.486 e. The van der Waals surface area contributed by atoms with Gasteiger partial charge in [0.15, 0.2) is 17.3 Å². The van der Waals surface area contributed by atoms with Crippen LogP contribution in [0.4, 0.5) is 5.82 Å². The molecule has 144 valence electrons. The highest BCUT2D eigenvalue weighted by Crippen LogP contribution is 2.36. The lowest BCUT2D eigenvalue weighted by Gasteiger charge is -2.26. The average molecular weight is 371 g/mol. The van der Waals surface area contributed by atoms with Crippen LogP contribution >= 0.6 is 0 Å². The molecule has 1 saturated heterocycles. The third-order valence-electron chi connectivity index (χ3n) is 5.33. The number of carbonyl (C=O) groups excluding carboxylic acids is 1. The fraction of sp³-hybridized carbons (Fsp3) is 0.500. The van der Waals surface area contributed by atoms with Gasteiger partial charge in [-0.15, -0.1) is 0 Å². The summed E-state index contributed by atoms with van der Waals surface area (Å²) in [5.41, 5.74) is 1.17. The molecule has 0 bridgehead atoms. The van der Waals surface area contributed by atoms with Crippen LogP contribution in [0.3, 0.4) is 0 Å². The number of nitrogens with zero attached hydrogens (tertiary/aromatic N) is 1. The summed E-state index contributed by atoms with van der Waals surface area (Å²) in [4.78, 5) is 12.9. The van der Waals surface area contributed by atoms with Crippen molar-refractivity contribution in [3.05, 3.63) is 35.5 Å². The molecular weight excluding hydrogens is 346 g/mol. The van der Waals surface area contributed by atoms with Gasteiger partial charge >= 0.3 is 0 Å². The number of nitrogens with one attached hydrogen (secondary N) is 2. The second kappa shape index (κ2) is 7.23. The van der Waals surface area contributed by atoms with E-state index in [1.165, 1.54) is 0 Å². The lowest BCUT2D eigenvalue weighted by Crippen LogP contribution is -2.35. The van der Waals surface area contributed by atoms with Crippen LogP contribution in [-0.4, -0.2) is 42.5 Å². The Hall–Kier alpha value is -2.54. The Balaban J connectivity index is 1.47. The summed E-state index contributed by atoms with van der Waals surface area (Å²) < 4.78 is 16.6. The molecule has 27 heavy (non-hydrogen) atoms. The van der Waals surface area contributed by atoms with Gasteiger partial charge in [-0.1, -0.05) is 6.07 Å². The van der Waals surface area contributed by atoms with Gasteiger partial charge in [-0.2, -0.15) is 5.10 Å². The number of hydrogen-bond donors (Lipinski definition) is 2. The Kier molecular flexibility index (Phi) is 4.78. The van der Waals surface area contributed by atoms with E-state index in [1.807, 2.05) is 38.1 Å². The summed E-state index contributed by atoms with van der Waals surface area (Å²) in [6.07, 6.45) is 1.94. The molecular formula is C20H25N3O4. The number of carbonyl (C=O) groups is 1. The van der Waals surface area contributed by atoms with Gasteiger partial charge in [0.05, 0.1) is 5.41 Å². The van der Waals surface area contributed by atoms with Crippen molar-refractivity contribution in [1.82, 2.24) is 10.2 Å². The summed E-state index contributed by atoms with van der Waals surface area (Å²) in [5.74, 6) is 2.23. The van der Waals surface area contributed by atoms with Gasteiger partial charge in [0, 0.05) is 30.9 Å². The van der Waals surface area contributed by atoms with E-state index in [1.54, 1.807) is 0 Å². The van der Waals surface area contributed by atoms with Crippen molar-refractivity contribution in [1.29, 1.82) is 0 Å². The van der Waals surface area contributed by atoms with Gasteiger partial charge in [-0.05, 0) is 44.4 Å². The highest BCUT2D eigenvalue weighted by molar-refractivity contribution is 5.98. The summed E-state index contributed by atoms with van der Waals surface area (Å²) in [6.45, 7) is 6.38. The van der Waals surface area contributed by atoms with Crippen molar-refractivity contribution < 1.29 is 19.0 Å². The normalized spacial score (nSPS) is 17.6. The van der Waals surface area contributed by atoms with Crippen molar-refractivity contribution >= 4 is 11.7 Å². The smallest absolute Gasteiger partial charge is 0.235 e. The molecule has 1 fully saturated rings. The van der Waals surface area contributed by atoms with Gasteiger partial charge in [0.2, 0.25) is 5.91 Å². The number of aromatic nitrogens is 2. The van der Waals surface area contributed by atoms with Gasteiger partial charge in [0.25, 0.3) is 0 Å². The number of benzene rings is 1. The predicted octanol–water partition coefficient (Wildman–Crippen LogP) is 2.99. The number of ether oxygens (including phenoxy) is 3. The minimum absolute atomic E-state index is 0.121.